The van der Waals surface area contributed by atoms with E-state index < -0.39 is 0 Å². The molecule has 0 spiro atoms. The third-order valence-corrected chi connectivity index (χ3v) is 4.11. The van der Waals surface area contributed by atoms with Gasteiger partial charge in [0.15, 0.2) is 0 Å². The SMILES string of the molecule is CCOc1ccccc1CC(C(=O)Cl)c1cccs1. The van der Waals surface area contributed by atoms with E-state index in [1.807, 2.05) is 48.7 Å². The molecule has 1 unspecified atom stereocenters. The van der Waals surface area contributed by atoms with Crippen molar-refractivity contribution in [2.45, 2.75) is 19.3 Å². The van der Waals surface area contributed by atoms with Gasteiger partial charge in [0.1, 0.15) is 5.75 Å². The summed E-state index contributed by atoms with van der Waals surface area (Å²) in [6.07, 6.45) is 0.568. The summed E-state index contributed by atoms with van der Waals surface area (Å²) in [6.45, 7) is 2.55. The Morgan fingerprint density at radius 2 is 2.11 bits per heavy atom. The molecule has 0 aliphatic heterocycles. The molecule has 0 fully saturated rings. The molecule has 2 rings (SSSR count). The van der Waals surface area contributed by atoms with Gasteiger partial charge in [0.25, 0.3) is 0 Å². The van der Waals surface area contributed by atoms with Gasteiger partial charge in [-0.05, 0) is 48.0 Å². The van der Waals surface area contributed by atoms with Crippen LogP contribution in [-0.2, 0) is 11.2 Å². The van der Waals surface area contributed by atoms with Gasteiger partial charge in [-0.3, -0.25) is 4.79 Å². The van der Waals surface area contributed by atoms with Crippen LogP contribution in [0, 0.1) is 0 Å². The molecule has 0 amide bonds. The first-order valence-electron chi connectivity index (χ1n) is 6.15. The van der Waals surface area contributed by atoms with Crippen LogP contribution in [0.25, 0.3) is 0 Å². The Hall–Kier alpha value is -1.32. The number of rotatable bonds is 6. The van der Waals surface area contributed by atoms with Crippen LogP contribution >= 0.6 is 22.9 Å². The molecule has 100 valence electrons. The molecule has 4 heteroatoms. The van der Waals surface area contributed by atoms with Crippen LogP contribution in [0.4, 0.5) is 0 Å². The van der Waals surface area contributed by atoms with Gasteiger partial charge in [-0.25, -0.2) is 0 Å². The summed E-state index contributed by atoms with van der Waals surface area (Å²) < 4.78 is 5.58. The Labute approximate surface area is 122 Å². The van der Waals surface area contributed by atoms with Gasteiger partial charge in [0, 0.05) is 4.88 Å². The minimum atomic E-state index is -0.325. The van der Waals surface area contributed by atoms with Gasteiger partial charge in [-0.2, -0.15) is 0 Å². The quantitative estimate of drug-likeness (QED) is 0.745. The van der Waals surface area contributed by atoms with Crippen molar-refractivity contribution < 1.29 is 9.53 Å². The zero-order valence-corrected chi connectivity index (χ0v) is 12.2. The van der Waals surface area contributed by atoms with E-state index >= 15 is 0 Å². The number of carbonyl (C=O) groups excluding carboxylic acids is 1. The van der Waals surface area contributed by atoms with E-state index in [0.717, 1.165) is 16.2 Å². The molecule has 0 aliphatic rings. The fraction of sp³-hybridized carbons (Fsp3) is 0.267. The van der Waals surface area contributed by atoms with Crippen molar-refractivity contribution in [1.29, 1.82) is 0 Å². The Balaban J connectivity index is 2.25. The molecule has 2 aromatic rings. The van der Waals surface area contributed by atoms with Crippen LogP contribution in [0.15, 0.2) is 41.8 Å². The molecule has 1 aromatic carbocycles. The zero-order valence-electron chi connectivity index (χ0n) is 10.6. The van der Waals surface area contributed by atoms with Crippen LogP contribution < -0.4 is 4.74 Å². The minimum Gasteiger partial charge on any atom is -0.494 e. The number of para-hydroxylation sites is 1. The molecule has 0 saturated carbocycles. The summed E-state index contributed by atoms with van der Waals surface area (Å²) in [5, 5.41) is 1.63. The Morgan fingerprint density at radius 3 is 2.74 bits per heavy atom. The number of benzene rings is 1. The predicted octanol–water partition coefficient (Wildman–Crippen LogP) is 4.24. The summed E-state index contributed by atoms with van der Waals surface area (Å²) in [7, 11) is 0. The monoisotopic (exact) mass is 294 g/mol. The molecule has 1 aromatic heterocycles. The molecular formula is C15H15ClO2S. The van der Waals surface area contributed by atoms with E-state index in [2.05, 4.69) is 0 Å². The van der Waals surface area contributed by atoms with Crippen LogP contribution in [0.3, 0.4) is 0 Å². The molecule has 0 bridgehead atoms. The molecule has 0 aliphatic carbocycles. The first kappa shape index (κ1) is 14.1. The number of halogens is 1. The van der Waals surface area contributed by atoms with Crippen molar-refractivity contribution in [2.75, 3.05) is 6.61 Å². The molecule has 0 saturated heterocycles. The van der Waals surface area contributed by atoms with Gasteiger partial charge >= 0.3 is 0 Å². The smallest absolute Gasteiger partial charge is 0.230 e. The average molecular weight is 295 g/mol. The van der Waals surface area contributed by atoms with Gasteiger partial charge in [-0.1, -0.05) is 24.3 Å². The van der Waals surface area contributed by atoms with E-state index in [0.29, 0.717) is 13.0 Å². The maximum absolute atomic E-state index is 11.6. The van der Waals surface area contributed by atoms with Crippen molar-refractivity contribution in [2.24, 2.45) is 0 Å². The van der Waals surface area contributed by atoms with Crippen molar-refractivity contribution in [3.05, 3.63) is 52.2 Å². The highest BCUT2D eigenvalue weighted by molar-refractivity contribution is 7.10. The van der Waals surface area contributed by atoms with Gasteiger partial charge in [-0.15, -0.1) is 11.3 Å². The highest BCUT2D eigenvalue weighted by Crippen LogP contribution is 2.30. The maximum atomic E-state index is 11.6. The van der Waals surface area contributed by atoms with E-state index in [9.17, 15) is 4.79 Å². The fourth-order valence-corrected chi connectivity index (χ4v) is 3.06. The number of hydrogen-bond acceptors (Lipinski definition) is 3. The Kier molecular flexibility index (Phi) is 5.00. The number of thiophene rings is 1. The molecule has 0 N–H and O–H groups in total. The average Bonchev–Trinajstić information content (AvgIpc) is 2.91. The predicted molar refractivity (Wildman–Crippen MR) is 79.2 cm³/mol. The summed E-state index contributed by atoms with van der Waals surface area (Å²) in [4.78, 5) is 12.6. The Morgan fingerprint density at radius 1 is 1.32 bits per heavy atom. The lowest BCUT2D eigenvalue weighted by molar-refractivity contribution is -0.112. The van der Waals surface area contributed by atoms with Crippen molar-refractivity contribution in [3.8, 4) is 5.75 Å². The second-order valence-electron chi connectivity index (χ2n) is 4.12. The lowest BCUT2D eigenvalue weighted by atomic mass is 9.98. The van der Waals surface area contributed by atoms with Crippen LogP contribution in [-0.4, -0.2) is 11.8 Å². The normalized spacial score (nSPS) is 12.1. The molecule has 1 atom stereocenters. The molecule has 19 heavy (non-hydrogen) atoms. The lowest BCUT2D eigenvalue weighted by Gasteiger charge is -2.14. The third-order valence-electron chi connectivity index (χ3n) is 2.86. The Bertz CT molecular complexity index is 537. The molecule has 0 radical (unpaired) electrons. The fourth-order valence-electron chi connectivity index (χ4n) is 1.97. The van der Waals surface area contributed by atoms with Crippen LogP contribution in [0.1, 0.15) is 23.3 Å². The van der Waals surface area contributed by atoms with Crippen molar-refractivity contribution >= 4 is 28.2 Å². The first-order valence-corrected chi connectivity index (χ1v) is 7.41. The van der Waals surface area contributed by atoms with E-state index in [1.165, 1.54) is 0 Å². The van der Waals surface area contributed by atoms with Crippen LogP contribution in [0.5, 0.6) is 5.75 Å². The highest BCUT2D eigenvalue weighted by atomic mass is 35.5. The van der Waals surface area contributed by atoms with Gasteiger partial charge in [0.2, 0.25) is 5.24 Å². The molecule has 2 nitrogen and oxygen atoms in total. The van der Waals surface area contributed by atoms with E-state index in [-0.39, 0.29) is 11.2 Å². The number of carbonyl (C=O) groups is 1. The van der Waals surface area contributed by atoms with Crippen LogP contribution in [0.2, 0.25) is 0 Å². The topological polar surface area (TPSA) is 26.3 Å². The van der Waals surface area contributed by atoms with Gasteiger partial charge < -0.3 is 4.74 Å². The summed E-state index contributed by atoms with van der Waals surface area (Å²) in [6, 6.07) is 11.6. The highest BCUT2D eigenvalue weighted by Gasteiger charge is 2.21. The van der Waals surface area contributed by atoms with Crippen molar-refractivity contribution in [3.63, 3.8) is 0 Å². The first-order chi connectivity index (χ1) is 9.22. The second kappa shape index (κ2) is 6.73. The zero-order chi connectivity index (χ0) is 13.7. The molecule has 1 heterocycles. The lowest BCUT2D eigenvalue weighted by Crippen LogP contribution is -2.10. The molecular weight excluding hydrogens is 280 g/mol. The number of ether oxygens (including phenoxy) is 1. The van der Waals surface area contributed by atoms with E-state index in [1.54, 1.807) is 11.3 Å². The third kappa shape index (κ3) is 3.58. The van der Waals surface area contributed by atoms with Gasteiger partial charge in [0.05, 0.1) is 12.5 Å². The number of hydrogen-bond donors (Lipinski definition) is 0. The maximum Gasteiger partial charge on any atom is 0.230 e. The minimum absolute atomic E-state index is 0.303. The van der Waals surface area contributed by atoms with Crippen molar-refractivity contribution in [1.82, 2.24) is 0 Å². The van der Waals surface area contributed by atoms with E-state index in [4.69, 9.17) is 16.3 Å². The second-order valence-corrected chi connectivity index (χ2v) is 5.47. The summed E-state index contributed by atoms with van der Waals surface area (Å²) in [5.41, 5.74) is 1.01. The summed E-state index contributed by atoms with van der Waals surface area (Å²) in [5.74, 6) is 0.521. The standard InChI is InChI=1S/C15H15ClO2S/c1-2-18-13-7-4-3-6-11(13)10-12(15(16)17)14-8-5-9-19-14/h3-9,12H,2,10H2,1H3. The summed E-state index contributed by atoms with van der Waals surface area (Å²) >= 11 is 7.29. The largest absolute Gasteiger partial charge is 0.494 e.